The molecule has 0 saturated heterocycles. The highest BCUT2D eigenvalue weighted by Crippen LogP contribution is 2.36. The van der Waals surface area contributed by atoms with Crippen LogP contribution in [0.1, 0.15) is 19.8 Å². The fourth-order valence-electron chi connectivity index (χ4n) is 1.02. The van der Waals surface area contributed by atoms with Crippen LogP contribution < -0.4 is 0 Å². The molecule has 0 rings (SSSR count). The molecule has 0 fully saturated rings. The Bertz CT molecular complexity index is 245. The molecule has 1 atom stereocenters. The van der Waals surface area contributed by atoms with Gasteiger partial charge in [0.25, 0.3) is 0 Å². The van der Waals surface area contributed by atoms with Crippen molar-refractivity contribution in [1.82, 2.24) is 0 Å². The predicted octanol–water partition coefficient (Wildman–Crippen LogP) is 2.75. The van der Waals surface area contributed by atoms with Gasteiger partial charge in [0.05, 0.1) is 0 Å². The maximum Gasteiger partial charge on any atom is 0.423 e. The first-order chi connectivity index (χ1) is 7.50. The number of carboxylic acid groups (broad SMARTS) is 1. The first-order valence-electron chi connectivity index (χ1n) is 4.51. The van der Waals surface area contributed by atoms with Crippen LogP contribution in [0, 0.1) is 0 Å². The molecule has 0 heterocycles. The molecular weight excluding hydrogens is 258 g/mol. The van der Waals surface area contributed by atoms with Crippen LogP contribution in [0.2, 0.25) is 0 Å². The molecule has 9 heteroatoms. The number of carbonyl (C=O) groups is 1. The van der Waals surface area contributed by atoms with Crippen LogP contribution >= 0.6 is 0 Å². The number of halogens is 6. The summed E-state index contributed by atoms with van der Waals surface area (Å²) < 4.78 is 75.9. The number of hydrogen-bond acceptors (Lipinski definition) is 2. The predicted molar refractivity (Wildman–Crippen MR) is 43.3 cm³/mol. The molecule has 0 radical (unpaired) electrons. The lowest BCUT2D eigenvalue weighted by molar-refractivity contribution is -0.329. The topological polar surface area (TPSA) is 46.5 Å². The Morgan fingerprint density at radius 2 is 1.59 bits per heavy atom. The molecule has 0 aliphatic rings. The summed E-state index contributed by atoms with van der Waals surface area (Å²) >= 11 is 0. The van der Waals surface area contributed by atoms with Crippen LogP contribution in [-0.4, -0.2) is 35.6 Å². The maximum atomic E-state index is 12.0. The largest absolute Gasteiger partial charge is 0.479 e. The van der Waals surface area contributed by atoms with Crippen molar-refractivity contribution in [3.05, 3.63) is 0 Å². The van der Waals surface area contributed by atoms with Crippen molar-refractivity contribution in [1.29, 1.82) is 0 Å². The third-order valence-corrected chi connectivity index (χ3v) is 1.72. The quantitative estimate of drug-likeness (QED) is 0.780. The van der Waals surface area contributed by atoms with Gasteiger partial charge in [0.1, 0.15) is 0 Å². The fraction of sp³-hybridized carbons (Fsp3) is 0.875. The average molecular weight is 268 g/mol. The normalized spacial score (nSPS) is 15.1. The zero-order valence-electron chi connectivity index (χ0n) is 8.60. The van der Waals surface area contributed by atoms with E-state index in [9.17, 15) is 31.1 Å². The van der Waals surface area contributed by atoms with Gasteiger partial charge in [-0.1, -0.05) is 13.3 Å². The molecule has 3 nitrogen and oxygen atoms in total. The monoisotopic (exact) mass is 268 g/mol. The van der Waals surface area contributed by atoms with Gasteiger partial charge in [-0.25, -0.2) is 4.79 Å². The summed E-state index contributed by atoms with van der Waals surface area (Å²) in [5.74, 6) is -1.86. The summed E-state index contributed by atoms with van der Waals surface area (Å²) in [6.07, 6.45) is -18.0. The molecule has 0 aromatic heterocycles. The Morgan fingerprint density at radius 3 is 1.82 bits per heavy atom. The number of rotatable bonds is 5. The minimum atomic E-state index is -5.69. The van der Waals surface area contributed by atoms with Crippen LogP contribution in [0.15, 0.2) is 0 Å². The molecule has 102 valence electrons. The number of ether oxygens (including phenoxy) is 1. The SMILES string of the molecule is CCCC(OC(C(F)(F)F)C(F)(F)F)C(=O)O. The summed E-state index contributed by atoms with van der Waals surface area (Å²) in [4.78, 5) is 10.4. The molecule has 0 aliphatic heterocycles. The molecule has 0 saturated carbocycles. The second-order valence-electron chi connectivity index (χ2n) is 3.21. The zero-order valence-corrected chi connectivity index (χ0v) is 8.60. The van der Waals surface area contributed by atoms with Gasteiger partial charge in [-0.15, -0.1) is 0 Å². The third kappa shape index (κ3) is 5.24. The van der Waals surface area contributed by atoms with Crippen molar-refractivity contribution >= 4 is 5.97 Å². The summed E-state index contributed by atoms with van der Waals surface area (Å²) in [7, 11) is 0. The molecule has 17 heavy (non-hydrogen) atoms. The number of aliphatic carboxylic acids is 1. The highest BCUT2D eigenvalue weighted by atomic mass is 19.4. The van der Waals surface area contributed by atoms with Crippen molar-refractivity contribution < 1.29 is 41.0 Å². The molecule has 0 aromatic carbocycles. The first kappa shape index (κ1) is 16.0. The lowest BCUT2D eigenvalue weighted by atomic mass is 10.2. The summed E-state index contributed by atoms with van der Waals surface area (Å²) in [6.45, 7) is 1.41. The fourth-order valence-corrected chi connectivity index (χ4v) is 1.02. The van der Waals surface area contributed by atoms with Gasteiger partial charge in [0.2, 0.25) is 6.10 Å². The standard InChI is InChI=1S/C8H10F6O3/c1-2-3-4(5(15)16)17-6(7(9,10)11)8(12,13)14/h4,6H,2-3H2,1H3,(H,15,16). The minimum absolute atomic E-state index is 0.0827. The van der Waals surface area contributed by atoms with Gasteiger partial charge in [-0.2, -0.15) is 26.3 Å². The summed E-state index contributed by atoms with van der Waals surface area (Å²) in [5, 5.41) is 8.43. The summed E-state index contributed by atoms with van der Waals surface area (Å²) in [6, 6.07) is 0. The van der Waals surface area contributed by atoms with Gasteiger partial charge in [0.15, 0.2) is 6.10 Å². The Kier molecular flexibility index (Phi) is 5.24. The number of alkyl halides is 6. The van der Waals surface area contributed by atoms with Crippen molar-refractivity contribution in [3.63, 3.8) is 0 Å². The first-order valence-corrected chi connectivity index (χ1v) is 4.51. The van der Waals surface area contributed by atoms with Crippen LogP contribution in [0.25, 0.3) is 0 Å². The van der Waals surface area contributed by atoms with Crippen LogP contribution in [0.5, 0.6) is 0 Å². The Hall–Kier alpha value is -0.990. The molecule has 1 N–H and O–H groups in total. The van der Waals surface area contributed by atoms with Crippen molar-refractivity contribution in [2.75, 3.05) is 0 Å². The molecular formula is C8H10F6O3. The Morgan fingerprint density at radius 1 is 1.18 bits per heavy atom. The molecule has 0 amide bonds. The van der Waals surface area contributed by atoms with Crippen LogP contribution in [0.4, 0.5) is 26.3 Å². The minimum Gasteiger partial charge on any atom is -0.479 e. The van der Waals surface area contributed by atoms with Crippen LogP contribution in [0.3, 0.4) is 0 Å². The molecule has 0 aliphatic carbocycles. The van der Waals surface area contributed by atoms with Gasteiger partial charge < -0.3 is 9.84 Å². The van der Waals surface area contributed by atoms with E-state index in [-0.39, 0.29) is 6.42 Å². The third-order valence-electron chi connectivity index (χ3n) is 1.72. The smallest absolute Gasteiger partial charge is 0.423 e. The second kappa shape index (κ2) is 5.56. The van der Waals surface area contributed by atoms with Gasteiger partial charge in [0, 0.05) is 0 Å². The van der Waals surface area contributed by atoms with E-state index in [1.807, 2.05) is 0 Å². The number of carboxylic acids is 1. The van der Waals surface area contributed by atoms with E-state index in [0.29, 0.717) is 0 Å². The van der Waals surface area contributed by atoms with Crippen LogP contribution in [-0.2, 0) is 9.53 Å². The van der Waals surface area contributed by atoms with Gasteiger partial charge in [-0.05, 0) is 6.42 Å². The zero-order chi connectivity index (χ0) is 13.9. The van der Waals surface area contributed by atoms with E-state index in [1.165, 1.54) is 6.92 Å². The molecule has 1 unspecified atom stereocenters. The molecule has 0 aromatic rings. The molecule has 0 spiro atoms. The van der Waals surface area contributed by atoms with E-state index in [1.54, 1.807) is 0 Å². The van der Waals surface area contributed by atoms with Crippen molar-refractivity contribution in [2.45, 2.75) is 44.3 Å². The van der Waals surface area contributed by atoms with E-state index in [2.05, 4.69) is 4.74 Å². The summed E-state index contributed by atoms with van der Waals surface area (Å²) in [5.41, 5.74) is 0. The highest BCUT2D eigenvalue weighted by molar-refractivity contribution is 5.72. The lowest BCUT2D eigenvalue weighted by Gasteiger charge is -2.26. The average Bonchev–Trinajstić information content (AvgIpc) is 2.07. The van der Waals surface area contributed by atoms with Crippen molar-refractivity contribution in [2.24, 2.45) is 0 Å². The molecule has 0 bridgehead atoms. The Labute approximate surface area is 92.4 Å². The van der Waals surface area contributed by atoms with E-state index in [0.717, 1.165) is 0 Å². The van der Waals surface area contributed by atoms with E-state index >= 15 is 0 Å². The van der Waals surface area contributed by atoms with Gasteiger partial charge in [-0.3, -0.25) is 0 Å². The number of hydrogen-bond donors (Lipinski definition) is 1. The maximum absolute atomic E-state index is 12.0. The second-order valence-corrected chi connectivity index (χ2v) is 3.21. The highest BCUT2D eigenvalue weighted by Gasteiger charge is 2.59. The van der Waals surface area contributed by atoms with Gasteiger partial charge >= 0.3 is 18.3 Å². The lowest BCUT2D eigenvalue weighted by Crippen LogP contribution is -2.47. The van der Waals surface area contributed by atoms with Crippen molar-refractivity contribution in [3.8, 4) is 0 Å². The Balaban J connectivity index is 4.91. The van der Waals surface area contributed by atoms with E-state index in [4.69, 9.17) is 5.11 Å². The van der Waals surface area contributed by atoms with E-state index < -0.39 is 37.0 Å².